The van der Waals surface area contributed by atoms with Crippen molar-refractivity contribution < 1.29 is 49.7 Å². The van der Waals surface area contributed by atoms with Crippen molar-refractivity contribution in [2.75, 3.05) is 0 Å². The molecular formula is C23H37Cl2OSiTi. The van der Waals surface area contributed by atoms with Crippen LogP contribution in [0.4, 0.5) is 0 Å². The van der Waals surface area contributed by atoms with Crippen molar-refractivity contribution >= 4 is 8.32 Å². The maximum Gasteiger partial charge on any atom is -1.00 e. The molecule has 0 saturated heterocycles. The minimum absolute atomic E-state index is 0. The van der Waals surface area contributed by atoms with Gasteiger partial charge in [-0.15, -0.1) is 0 Å². The zero-order valence-electron chi connectivity index (χ0n) is 19.1. The van der Waals surface area contributed by atoms with Gasteiger partial charge in [0, 0.05) is 0 Å². The monoisotopic (exact) mass is 475 g/mol. The van der Waals surface area contributed by atoms with Crippen LogP contribution in [0.15, 0.2) is 44.9 Å². The molecule has 0 radical (unpaired) electrons. The smallest absolute Gasteiger partial charge is 1.00 e. The molecule has 0 fully saturated rings. The first-order chi connectivity index (χ1) is 11.6. The number of rotatable bonds is 4. The van der Waals surface area contributed by atoms with E-state index >= 15 is 0 Å². The molecule has 0 aliphatic heterocycles. The van der Waals surface area contributed by atoms with Crippen molar-refractivity contribution in [3.05, 3.63) is 44.9 Å². The van der Waals surface area contributed by atoms with Crippen LogP contribution in [0.3, 0.4) is 0 Å². The predicted molar refractivity (Wildman–Crippen MR) is 112 cm³/mol. The molecule has 0 spiro atoms. The van der Waals surface area contributed by atoms with E-state index in [0.29, 0.717) is 0 Å². The Morgan fingerprint density at radius 2 is 1.61 bits per heavy atom. The van der Waals surface area contributed by atoms with Crippen molar-refractivity contribution in [1.82, 2.24) is 0 Å². The van der Waals surface area contributed by atoms with Crippen LogP contribution in [-0.2, 0) is 24.9 Å². The molecule has 2 aliphatic carbocycles. The van der Waals surface area contributed by atoms with Crippen LogP contribution >= 0.6 is 0 Å². The first-order valence-corrected chi connectivity index (χ1v) is 14.1. The minimum atomic E-state index is -1.72. The molecule has 5 heteroatoms. The van der Waals surface area contributed by atoms with Gasteiger partial charge in [-0.25, -0.2) is 0 Å². The molecule has 0 aromatic carbocycles. The van der Waals surface area contributed by atoms with E-state index in [1.807, 2.05) is 0 Å². The van der Waals surface area contributed by atoms with Crippen molar-refractivity contribution in [3.63, 3.8) is 0 Å². The largest absolute Gasteiger partial charge is 1.00 e. The number of halogens is 2. The van der Waals surface area contributed by atoms with Crippen LogP contribution in [0.25, 0.3) is 0 Å². The standard InChI is InChI=1S/C23H37OSi.2ClH.Ti/c1-21(2,3)19-14-15-23(24-25(7,8)9,17-18-12-10-11-13-18)20(16-19)22(4,5)6;;;/h10,12,14,16H,11,15,17H2,1-9H3;2*1H;/q;;;+2/p-2. The Bertz CT molecular complexity index is 685. The zero-order chi connectivity index (χ0) is 20.0. The predicted octanol–water partition coefficient (Wildman–Crippen LogP) is 1.08. The van der Waals surface area contributed by atoms with Gasteiger partial charge in [-0.05, 0) is 0 Å². The molecule has 28 heavy (non-hydrogen) atoms. The van der Waals surface area contributed by atoms with Crippen molar-refractivity contribution in [3.8, 4) is 0 Å². The van der Waals surface area contributed by atoms with Crippen molar-refractivity contribution in [1.29, 1.82) is 0 Å². The van der Waals surface area contributed by atoms with Crippen LogP contribution < -0.4 is 24.8 Å². The van der Waals surface area contributed by atoms with Gasteiger partial charge in [0.25, 0.3) is 0 Å². The third-order valence-corrected chi connectivity index (χ3v) is 6.95. The molecule has 0 amide bonds. The Labute approximate surface area is 198 Å². The van der Waals surface area contributed by atoms with E-state index < -0.39 is 8.32 Å². The Morgan fingerprint density at radius 1 is 1.04 bits per heavy atom. The van der Waals surface area contributed by atoms with Gasteiger partial charge < -0.3 is 24.8 Å². The third-order valence-electron chi connectivity index (χ3n) is 5.12. The molecule has 0 aromatic heterocycles. The van der Waals surface area contributed by atoms with Crippen LogP contribution in [0.1, 0.15) is 60.8 Å². The summed E-state index contributed by atoms with van der Waals surface area (Å²) in [7, 11) is -1.72. The Morgan fingerprint density at radius 3 is 2.00 bits per heavy atom. The van der Waals surface area contributed by atoms with Gasteiger partial charge in [0.1, 0.15) is 0 Å². The molecule has 0 bridgehead atoms. The van der Waals surface area contributed by atoms with E-state index in [4.69, 9.17) is 4.43 Å². The van der Waals surface area contributed by atoms with Gasteiger partial charge in [-0.1, -0.05) is 0 Å². The van der Waals surface area contributed by atoms with Crippen molar-refractivity contribution in [2.24, 2.45) is 10.8 Å². The maximum atomic E-state index is 7.03. The summed E-state index contributed by atoms with van der Waals surface area (Å²) in [5.74, 6) is 0. The average molecular weight is 476 g/mol. The molecule has 2 rings (SSSR count). The van der Waals surface area contributed by atoms with Crippen LogP contribution in [-0.4, -0.2) is 13.9 Å². The summed E-state index contributed by atoms with van der Waals surface area (Å²) in [5.41, 5.74) is 4.45. The first kappa shape index (κ1) is 28.4. The SMILES string of the molecule is CC(C)(C)C1=CCC(CC2=[C]([Ti+2])CC=C2)(O[Si](C)(C)C)C(C(C)(C)C)=C1.[Cl-].[Cl-]. The molecule has 1 nitrogen and oxygen atoms in total. The summed E-state index contributed by atoms with van der Waals surface area (Å²) in [6.45, 7) is 20.9. The van der Waals surface area contributed by atoms with Crippen LogP contribution in [0.2, 0.25) is 19.6 Å². The fraction of sp³-hybridized carbons (Fsp3) is 0.652. The Kier molecular flexibility index (Phi) is 9.86. The van der Waals surface area contributed by atoms with Gasteiger partial charge in [0.15, 0.2) is 0 Å². The normalized spacial score (nSPS) is 23.1. The number of hydrogen-bond donors (Lipinski definition) is 0. The number of hydrogen-bond acceptors (Lipinski definition) is 1. The van der Waals surface area contributed by atoms with E-state index in [9.17, 15) is 0 Å². The van der Waals surface area contributed by atoms with Crippen LogP contribution in [0.5, 0.6) is 0 Å². The van der Waals surface area contributed by atoms with E-state index in [1.54, 1.807) is 0 Å². The van der Waals surface area contributed by atoms with E-state index in [2.05, 4.69) is 106 Å². The molecule has 1 atom stereocenters. The summed E-state index contributed by atoms with van der Waals surface area (Å²) < 4.78 is 8.54. The van der Waals surface area contributed by atoms with Gasteiger partial charge in [0.2, 0.25) is 0 Å². The second kappa shape index (κ2) is 9.71. The summed E-state index contributed by atoms with van der Waals surface area (Å²) in [6.07, 6.45) is 12.6. The quantitative estimate of drug-likeness (QED) is 0.553. The van der Waals surface area contributed by atoms with E-state index in [0.717, 1.165) is 19.3 Å². The topological polar surface area (TPSA) is 9.23 Å². The number of allylic oxidation sites excluding steroid dienone is 5. The Balaban J connectivity index is 0.00000364. The van der Waals surface area contributed by atoms with Crippen LogP contribution in [0, 0.1) is 10.8 Å². The molecule has 0 saturated carbocycles. The minimum Gasteiger partial charge on any atom is -1.00 e. The van der Waals surface area contributed by atoms with Gasteiger partial charge in [0.05, 0.1) is 0 Å². The van der Waals surface area contributed by atoms with Gasteiger partial charge in [-0.2, -0.15) is 0 Å². The molecule has 2 aliphatic rings. The van der Waals surface area contributed by atoms with Crippen molar-refractivity contribution in [2.45, 2.75) is 86.0 Å². The first-order valence-electron chi connectivity index (χ1n) is 9.88. The second-order valence-electron chi connectivity index (χ2n) is 10.9. The molecule has 157 valence electrons. The zero-order valence-corrected chi connectivity index (χ0v) is 23.2. The van der Waals surface area contributed by atoms with E-state index in [-0.39, 0.29) is 41.2 Å². The molecule has 0 N–H and O–H groups in total. The fourth-order valence-corrected chi connectivity index (χ4v) is 5.95. The molecule has 1 unspecified atom stereocenters. The maximum absolute atomic E-state index is 7.03. The average Bonchev–Trinajstić information content (AvgIpc) is 2.79. The summed E-state index contributed by atoms with van der Waals surface area (Å²) in [5, 5.41) is 0. The summed E-state index contributed by atoms with van der Waals surface area (Å²) in [6, 6.07) is 0. The molecule has 0 heterocycles. The van der Waals surface area contributed by atoms with Gasteiger partial charge >= 0.3 is 175 Å². The Hall–Kier alpha value is 0.431. The third kappa shape index (κ3) is 7.00. The van der Waals surface area contributed by atoms with Gasteiger partial charge in [-0.3, -0.25) is 0 Å². The fourth-order valence-electron chi connectivity index (χ4n) is 4.06. The molecule has 0 aromatic rings. The second-order valence-corrected chi connectivity index (χ2v) is 16.3. The van der Waals surface area contributed by atoms with E-state index in [1.165, 1.54) is 20.6 Å². The summed E-state index contributed by atoms with van der Waals surface area (Å²) in [4.78, 5) is 0. The molecular weight excluding hydrogens is 439 g/mol. The summed E-state index contributed by atoms with van der Waals surface area (Å²) >= 11 is 2.28.